The quantitative estimate of drug-likeness (QED) is 0.874. The van der Waals surface area contributed by atoms with E-state index in [9.17, 15) is 9.59 Å². The Morgan fingerprint density at radius 3 is 2.62 bits per heavy atom. The van der Waals surface area contributed by atoms with E-state index in [4.69, 9.17) is 16.3 Å². The van der Waals surface area contributed by atoms with Gasteiger partial charge in [0.2, 0.25) is 5.91 Å². The Morgan fingerprint density at radius 1 is 1.29 bits per heavy atom. The second-order valence-electron chi connectivity index (χ2n) is 6.10. The maximum Gasteiger partial charge on any atom is 0.317 e. The van der Waals surface area contributed by atoms with Crippen molar-refractivity contribution in [1.29, 1.82) is 0 Å². The molecule has 0 aliphatic carbocycles. The van der Waals surface area contributed by atoms with Gasteiger partial charge in [-0.25, -0.2) is 4.79 Å². The molecule has 1 heterocycles. The Kier molecular flexibility index (Phi) is 6.45. The molecule has 24 heavy (non-hydrogen) atoms. The Morgan fingerprint density at radius 2 is 1.96 bits per heavy atom. The summed E-state index contributed by atoms with van der Waals surface area (Å²) in [5.74, 6) is -0.163. The third-order valence-corrected chi connectivity index (χ3v) is 4.29. The number of urea groups is 1. The van der Waals surface area contributed by atoms with Crippen LogP contribution in [0, 0.1) is 6.92 Å². The fourth-order valence-electron chi connectivity index (χ4n) is 2.69. The van der Waals surface area contributed by atoms with E-state index < -0.39 is 0 Å². The van der Waals surface area contributed by atoms with Gasteiger partial charge in [-0.15, -0.1) is 0 Å². The molecule has 2 atom stereocenters. The first-order chi connectivity index (χ1) is 11.4. The van der Waals surface area contributed by atoms with Gasteiger partial charge in [-0.3, -0.25) is 4.79 Å². The molecule has 1 saturated heterocycles. The minimum Gasteiger partial charge on any atom is -0.372 e. The van der Waals surface area contributed by atoms with Gasteiger partial charge in [0.15, 0.2) is 0 Å². The van der Waals surface area contributed by atoms with Gasteiger partial charge < -0.3 is 20.3 Å². The molecular formula is C17H24ClN3O3. The van der Waals surface area contributed by atoms with Crippen molar-refractivity contribution < 1.29 is 14.3 Å². The number of amides is 3. The maximum absolute atomic E-state index is 12.1. The molecule has 1 fully saturated rings. The first kappa shape index (κ1) is 18.5. The van der Waals surface area contributed by atoms with Gasteiger partial charge in [0.05, 0.1) is 12.2 Å². The summed E-state index contributed by atoms with van der Waals surface area (Å²) < 4.78 is 5.60. The fraction of sp³-hybridized carbons (Fsp3) is 0.529. The van der Waals surface area contributed by atoms with Crippen LogP contribution in [0.5, 0.6) is 0 Å². The second kappa shape index (κ2) is 8.35. The summed E-state index contributed by atoms with van der Waals surface area (Å²) in [5, 5.41) is 6.20. The number of rotatable bonds is 4. The van der Waals surface area contributed by atoms with Gasteiger partial charge >= 0.3 is 6.03 Å². The van der Waals surface area contributed by atoms with Crippen molar-refractivity contribution in [2.24, 2.45) is 0 Å². The van der Waals surface area contributed by atoms with E-state index in [1.54, 1.807) is 23.1 Å². The predicted octanol–water partition coefficient (Wildman–Crippen LogP) is 2.80. The number of nitrogens with one attached hydrogen (secondary N) is 2. The number of halogens is 1. The van der Waals surface area contributed by atoms with Crippen molar-refractivity contribution >= 4 is 29.2 Å². The number of hydrogen-bond acceptors (Lipinski definition) is 3. The van der Waals surface area contributed by atoms with Crippen LogP contribution in [-0.4, -0.2) is 48.7 Å². The Bertz CT molecular complexity index is 599. The van der Waals surface area contributed by atoms with Crippen LogP contribution < -0.4 is 10.6 Å². The molecule has 6 nitrogen and oxygen atoms in total. The zero-order chi connectivity index (χ0) is 17.7. The van der Waals surface area contributed by atoms with Crippen molar-refractivity contribution in [3.63, 3.8) is 0 Å². The van der Waals surface area contributed by atoms with Crippen LogP contribution in [0.4, 0.5) is 10.5 Å². The predicted molar refractivity (Wildman–Crippen MR) is 94.4 cm³/mol. The van der Waals surface area contributed by atoms with E-state index in [1.807, 2.05) is 20.8 Å². The summed E-state index contributed by atoms with van der Waals surface area (Å²) in [4.78, 5) is 25.9. The highest BCUT2D eigenvalue weighted by molar-refractivity contribution is 6.31. The number of ether oxygens (including phenoxy) is 1. The number of benzene rings is 1. The van der Waals surface area contributed by atoms with Crippen molar-refractivity contribution in [3.05, 3.63) is 28.8 Å². The zero-order valence-electron chi connectivity index (χ0n) is 14.3. The van der Waals surface area contributed by atoms with Gasteiger partial charge in [0.1, 0.15) is 0 Å². The molecule has 0 bridgehead atoms. The molecule has 0 aromatic heterocycles. The van der Waals surface area contributed by atoms with Crippen molar-refractivity contribution in [2.75, 3.05) is 25.0 Å². The third-order valence-electron chi connectivity index (χ3n) is 3.88. The first-order valence-corrected chi connectivity index (χ1v) is 8.47. The lowest BCUT2D eigenvalue weighted by Crippen LogP contribution is -2.51. The summed E-state index contributed by atoms with van der Waals surface area (Å²) >= 11 is 6.03. The molecule has 3 amide bonds. The van der Waals surface area contributed by atoms with Crippen LogP contribution in [-0.2, 0) is 9.53 Å². The van der Waals surface area contributed by atoms with Crippen LogP contribution in [0.3, 0.4) is 0 Å². The van der Waals surface area contributed by atoms with Crippen molar-refractivity contribution in [3.8, 4) is 0 Å². The molecule has 1 aliphatic heterocycles. The minimum absolute atomic E-state index is 0.0219. The molecule has 1 aromatic rings. The van der Waals surface area contributed by atoms with E-state index in [1.165, 1.54) is 0 Å². The van der Waals surface area contributed by atoms with Gasteiger partial charge in [0, 0.05) is 36.8 Å². The topological polar surface area (TPSA) is 70.7 Å². The van der Waals surface area contributed by atoms with Gasteiger partial charge in [0.25, 0.3) is 0 Å². The summed E-state index contributed by atoms with van der Waals surface area (Å²) in [7, 11) is 0. The zero-order valence-corrected chi connectivity index (χ0v) is 15.0. The molecule has 7 heteroatoms. The molecule has 0 radical (unpaired) electrons. The molecule has 2 N–H and O–H groups in total. The summed E-state index contributed by atoms with van der Waals surface area (Å²) in [5.41, 5.74) is 1.52. The fourth-order valence-corrected chi connectivity index (χ4v) is 2.87. The molecule has 0 spiro atoms. The average Bonchev–Trinajstić information content (AvgIpc) is 2.51. The number of nitrogens with zero attached hydrogens (tertiary/aromatic N) is 1. The number of carbonyl (C=O) groups excluding carboxylic acids is 2. The van der Waals surface area contributed by atoms with Crippen molar-refractivity contribution in [1.82, 2.24) is 10.2 Å². The molecule has 1 aliphatic rings. The highest BCUT2D eigenvalue weighted by Crippen LogP contribution is 2.22. The SMILES string of the molecule is Cc1c(Cl)cccc1NC(=O)CCNC(=O)N1CC(C)OC(C)C1. The monoisotopic (exact) mass is 353 g/mol. The first-order valence-electron chi connectivity index (χ1n) is 8.10. The van der Waals surface area contributed by atoms with Crippen LogP contribution >= 0.6 is 11.6 Å². The van der Waals surface area contributed by atoms with E-state index in [0.717, 1.165) is 5.56 Å². The van der Waals surface area contributed by atoms with Gasteiger partial charge in [-0.2, -0.15) is 0 Å². The molecule has 0 saturated carbocycles. The third kappa shape index (κ3) is 5.11. The Labute approximate surface area is 147 Å². The number of anilines is 1. The van der Waals surface area contributed by atoms with Crippen LogP contribution in [0.1, 0.15) is 25.8 Å². The smallest absolute Gasteiger partial charge is 0.317 e. The number of carbonyl (C=O) groups is 2. The Hall–Kier alpha value is -1.79. The standard InChI is InChI=1S/C17H24ClN3O3/c1-11-9-21(10-12(2)24-11)17(23)19-8-7-16(22)20-15-6-4-5-14(18)13(15)3/h4-6,11-12H,7-10H2,1-3H3,(H,19,23)(H,20,22). The highest BCUT2D eigenvalue weighted by Gasteiger charge is 2.25. The normalized spacial score (nSPS) is 20.6. The van der Waals surface area contributed by atoms with E-state index in [0.29, 0.717) is 23.8 Å². The average molecular weight is 354 g/mol. The van der Waals surface area contributed by atoms with Gasteiger partial charge in [-0.05, 0) is 38.5 Å². The lowest BCUT2D eigenvalue weighted by Gasteiger charge is -2.35. The maximum atomic E-state index is 12.1. The molecule has 2 unspecified atom stereocenters. The minimum atomic E-state index is -0.163. The number of hydrogen-bond donors (Lipinski definition) is 2. The summed E-state index contributed by atoms with van der Waals surface area (Å²) in [6.07, 6.45) is 0.245. The largest absolute Gasteiger partial charge is 0.372 e. The van der Waals surface area contributed by atoms with E-state index >= 15 is 0 Å². The van der Waals surface area contributed by atoms with Crippen LogP contribution in [0.25, 0.3) is 0 Å². The molecule has 2 rings (SSSR count). The molecule has 132 valence electrons. The van der Waals surface area contributed by atoms with Crippen LogP contribution in [0.15, 0.2) is 18.2 Å². The van der Waals surface area contributed by atoms with Crippen molar-refractivity contribution in [2.45, 2.75) is 39.4 Å². The van der Waals surface area contributed by atoms with E-state index in [-0.39, 0.29) is 37.1 Å². The lowest BCUT2D eigenvalue weighted by atomic mass is 10.2. The molecule has 1 aromatic carbocycles. The number of morpholine rings is 1. The van der Waals surface area contributed by atoms with Crippen LogP contribution in [0.2, 0.25) is 5.02 Å². The Balaban J connectivity index is 1.76. The lowest BCUT2D eigenvalue weighted by molar-refractivity contribution is -0.116. The summed E-state index contributed by atoms with van der Waals surface area (Å²) in [6, 6.07) is 5.20. The van der Waals surface area contributed by atoms with E-state index in [2.05, 4.69) is 10.6 Å². The molecular weight excluding hydrogens is 330 g/mol. The van der Waals surface area contributed by atoms with Gasteiger partial charge in [-0.1, -0.05) is 17.7 Å². The highest BCUT2D eigenvalue weighted by atomic mass is 35.5. The summed E-state index contributed by atoms with van der Waals surface area (Å²) in [6.45, 7) is 7.13. The second-order valence-corrected chi connectivity index (χ2v) is 6.51.